The van der Waals surface area contributed by atoms with Crippen LogP contribution in [0.1, 0.15) is 6.42 Å². The summed E-state index contributed by atoms with van der Waals surface area (Å²) < 4.78 is 25.4. The number of pyridine rings is 1. The van der Waals surface area contributed by atoms with E-state index >= 15 is 0 Å². The maximum atomic E-state index is 11.5. The van der Waals surface area contributed by atoms with Gasteiger partial charge in [0.2, 0.25) is 10.0 Å². The van der Waals surface area contributed by atoms with E-state index in [-0.39, 0.29) is 5.75 Å². The molecular weight excluding hydrogens is 214 g/mol. The molecule has 0 aliphatic rings. The number of aromatic nitrogens is 1. The first-order chi connectivity index (χ1) is 7.14. The van der Waals surface area contributed by atoms with Crippen molar-refractivity contribution in [2.24, 2.45) is 0 Å². The summed E-state index contributed by atoms with van der Waals surface area (Å²) in [4.78, 5) is 3.89. The summed E-state index contributed by atoms with van der Waals surface area (Å²) in [5.41, 5.74) is 0. The van der Waals surface area contributed by atoms with Crippen LogP contribution in [0.2, 0.25) is 0 Å². The van der Waals surface area contributed by atoms with Crippen LogP contribution in [0.15, 0.2) is 24.4 Å². The number of nitrogens with zero attached hydrogens (tertiary/aromatic N) is 1. The molecule has 0 bridgehead atoms. The van der Waals surface area contributed by atoms with Crippen molar-refractivity contribution >= 4 is 15.8 Å². The highest BCUT2D eigenvalue weighted by molar-refractivity contribution is 7.92. The van der Waals surface area contributed by atoms with Gasteiger partial charge in [-0.3, -0.25) is 4.72 Å². The van der Waals surface area contributed by atoms with Gasteiger partial charge in [-0.05, 0) is 32.1 Å². The Labute approximate surface area is 90.0 Å². The maximum Gasteiger partial charge on any atom is 0.233 e. The molecule has 5 nitrogen and oxygen atoms in total. The molecule has 1 aromatic heterocycles. The van der Waals surface area contributed by atoms with Gasteiger partial charge in [-0.15, -0.1) is 0 Å². The third-order valence-corrected chi connectivity index (χ3v) is 3.11. The molecule has 0 spiro atoms. The van der Waals surface area contributed by atoms with Crippen LogP contribution in [0.5, 0.6) is 0 Å². The molecule has 0 fully saturated rings. The zero-order valence-corrected chi connectivity index (χ0v) is 9.42. The lowest BCUT2D eigenvalue weighted by Gasteiger charge is -2.06. The second-order valence-electron chi connectivity index (χ2n) is 3.09. The molecule has 2 N–H and O–H groups in total. The molecule has 84 valence electrons. The van der Waals surface area contributed by atoms with Crippen molar-refractivity contribution in [2.75, 3.05) is 24.1 Å². The quantitative estimate of drug-likeness (QED) is 0.694. The summed E-state index contributed by atoms with van der Waals surface area (Å²) in [6.07, 6.45) is 2.13. The number of sulfonamides is 1. The molecule has 6 heteroatoms. The second kappa shape index (κ2) is 5.67. The van der Waals surface area contributed by atoms with E-state index in [9.17, 15) is 8.42 Å². The molecule has 1 rings (SSSR count). The first-order valence-electron chi connectivity index (χ1n) is 4.70. The molecule has 0 aliphatic heterocycles. The van der Waals surface area contributed by atoms with E-state index in [1.54, 1.807) is 31.4 Å². The van der Waals surface area contributed by atoms with Gasteiger partial charge in [0.05, 0.1) is 5.75 Å². The van der Waals surface area contributed by atoms with E-state index in [2.05, 4.69) is 15.0 Å². The number of rotatable bonds is 6. The predicted molar refractivity (Wildman–Crippen MR) is 60.2 cm³/mol. The average Bonchev–Trinajstić information content (AvgIpc) is 2.18. The van der Waals surface area contributed by atoms with Crippen molar-refractivity contribution in [3.63, 3.8) is 0 Å². The molecule has 0 aliphatic carbocycles. The number of hydrogen-bond acceptors (Lipinski definition) is 4. The van der Waals surface area contributed by atoms with Gasteiger partial charge in [0.1, 0.15) is 5.82 Å². The highest BCUT2D eigenvalue weighted by Gasteiger charge is 2.09. The zero-order valence-electron chi connectivity index (χ0n) is 8.60. The fourth-order valence-corrected chi connectivity index (χ4v) is 2.14. The normalized spacial score (nSPS) is 11.3. The molecule has 0 unspecified atom stereocenters. The van der Waals surface area contributed by atoms with E-state index in [1.165, 1.54) is 0 Å². The van der Waals surface area contributed by atoms with Gasteiger partial charge in [0.25, 0.3) is 0 Å². The number of nitrogens with one attached hydrogen (secondary N) is 2. The average molecular weight is 229 g/mol. The molecular formula is C9H15N3O2S. The fourth-order valence-electron chi connectivity index (χ4n) is 1.07. The summed E-state index contributed by atoms with van der Waals surface area (Å²) >= 11 is 0. The van der Waals surface area contributed by atoms with Crippen molar-refractivity contribution in [3.05, 3.63) is 24.4 Å². The van der Waals surface area contributed by atoms with Crippen LogP contribution in [-0.4, -0.2) is 32.7 Å². The summed E-state index contributed by atoms with van der Waals surface area (Å²) in [5, 5.41) is 2.90. The maximum absolute atomic E-state index is 11.5. The molecule has 0 saturated heterocycles. The Morgan fingerprint density at radius 3 is 2.80 bits per heavy atom. The van der Waals surface area contributed by atoms with E-state index in [0.717, 1.165) is 0 Å². The Hall–Kier alpha value is -1.14. The molecule has 0 aromatic carbocycles. The van der Waals surface area contributed by atoms with Gasteiger partial charge < -0.3 is 5.32 Å². The largest absolute Gasteiger partial charge is 0.320 e. The van der Waals surface area contributed by atoms with Gasteiger partial charge in [-0.25, -0.2) is 13.4 Å². The molecule has 0 radical (unpaired) electrons. The van der Waals surface area contributed by atoms with Crippen molar-refractivity contribution in [1.82, 2.24) is 10.3 Å². The van der Waals surface area contributed by atoms with Crippen molar-refractivity contribution in [3.8, 4) is 0 Å². The zero-order chi connectivity index (χ0) is 11.1. The third-order valence-electron chi connectivity index (χ3n) is 1.76. The molecule has 1 aromatic rings. The molecule has 0 atom stereocenters. The van der Waals surface area contributed by atoms with Crippen LogP contribution in [0.3, 0.4) is 0 Å². The highest BCUT2D eigenvalue weighted by Crippen LogP contribution is 2.04. The first kappa shape index (κ1) is 11.9. The Morgan fingerprint density at radius 2 is 2.20 bits per heavy atom. The monoisotopic (exact) mass is 229 g/mol. The van der Waals surface area contributed by atoms with Crippen LogP contribution in [0.25, 0.3) is 0 Å². The van der Waals surface area contributed by atoms with Gasteiger partial charge in [0.15, 0.2) is 0 Å². The Balaban J connectivity index is 2.50. The van der Waals surface area contributed by atoms with Crippen molar-refractivity contribution in [2.45, 2.75) is 6.42 Å². The predicted octanol–water partition coefficient (Wildman–Crippen LogP) is 0.433. The van der Waals surface area contributed by atoms with Crippen LogP contribution < -0.4 is 10.0 Å². The first-order valence-corrected chi connectivity index (χ1v) is 6.35. The molecule has 1 heterocycles. The summed E-state index contributed by atoms with van der Waals surface area (Å²) in [6.45, 7) is 0.684. The van der Waals surface area contributed by atoms with Crippen LogP contribution in [0, 0.1) is 0 Å². The van der Waals surface area contributed by atoms with Gasteiger partial charge in [0, 0.05) is 6.20 Å². The SMILES string of the molecule is CNCCCS(=O)(=O)Nc1ccccn1. The molecule has 0 saturated carbocycles. The van der Waals surface area contributed by atoms with Gasteiger partial charge in [-0.1, -0.05) is 6.07 Å². The minimum Gasteiger partial charge on any atom is -0.320 e. The lowest BCUT2D eigenvalue weighted by molar-refractivity contribution is 0.596. The lowest BCUT2D eigenvalue weighted by Crippen LogP contribution is -2.20. The van der Waals surface area contributed by atoms with Crippen molar-refractivity contribution < 1.29 is 8.42 Å². The Bertz CT molecular complexity index is 378. The standard InChI is InChI=1S/C9H15N3O2S/c1-10-6-4-8-15(13,14)12-9-5-2-3-7-11-9/h2-3,5,7,10H,4,6,8H2,1H3,(H,11,12). The molecule has 0 amide bonds. The summed E-state index contributed by atoms with van der Waals surface area (Å²) in [5.74, 6) is 0.465. The second-order valence-corrected chi connectivity index (χ2v) is 4.93. The third kappa shape index (κ3) is 4.75. The van der Waals surface area contributed by atoms with E-state index in [0.29, 0.717) is 18.8 Å². The minimum atomic E-state index is -3.26. The lowest BCUT2D eigenvalue weighted by atomic mass is 10.5. The van der Waals surface area contributed by atoms with E-state index < -0.39 is 10.0 Å². The fraction of sp³-hybridized carbons (Fsp3) is 0.444. The van der Waals surface area contributed by atoms with Gasteiger partial charge in [-0.2, -0.15) is 0 Å². The topological polar surface area (TPSA) is 71.1 Å². The van der Waals surface area contributed by atoms with Crippen molar-refractivity contribution in [1.29, 1.82) is 0 Å². The number of hydrogen-bond donors (Lipinski definition) is 2. The van der Waals surface area contributed by atoms with E-state index in [4.69, 9.17) is 0 Å². The molecule has 15 heavy (non-hydrogen) atoms. The summed E-state index contributed by atoms with van der Waals surface area (Å²) in [7, 11) is -1.47. The van der Waals surface area contributed by atoms with Crippen LogP contribution >= 0.6 is 0 Å². The number of anilines is 1. The minimum absolute atomic E-state index is 0.102. The Morgan fingerprint density at radius 1 is 1.40 bits per heavy atom. The van der Waals surface area contributed by atoms with Crippen LogP contribution in [0.4, 0.5) is 5.82 Å². The smallest absolute Gasteiger partial charge is 0.233 e. The Kier molecular flexibility index (Phi) is 4.51. The highest BCUT2D eigenvalue weighted by atomic mass is 32.2. The van der Waals surface area contributed by atoms with Crippen LogP contribution in [-0.2, 0) is 10.0 Å². The van der Waals surface area contributed by atoms with E-state index in [1.807, 2.05) is 0 Å². The van der Waals surface area contributed by atoms with Gasteiger partial charge >= 0.3 is 0 Å². The summed E-state index contributed by atoms with van der Waals surface area (Å²) in [6, 6.07) is 5.09.